The van der Waals surface area contributed by atoms with Crippen LogP contribution in [-0.4, -0.2) is 50.2 Å². The van der Waals surface area contributed by atoms with E-state index < -0.39 is 12.0 Å². The van der Waals surface area contributed by atoms with Crippen LogP contribution in [0.1, 0.15) is 42.2 Å². The van der Waals surface area contributed by atoms with Crippen LogP contribution in [-0.2, 0) is 22.6 Å². The third-order valence-corrected chi connectivity index (χ3v) is 4.80. The second-order valence-electron chi connectivity index (χ2n) is 6.82. The molecular weight excluding hydrogens is 360 g/mol. The van der Waals surface area contributed by atoms with Crippen molar-refractivity contribution in [2.75, 3.05) is 11.9 Å². The summed E-state index contributed by atoms with van der Waals surface area (Å²) in [5.74, 6) is -1.54. The maximum Gasteiger partial charge on any atom is 0.326 e. The average molecular weight is 384 g/mol. The van der Waals surface area contributed by atoms with Crippen LogP contribution in [0.4, 0.5) is 5.69 Å². The Kier molecular flexibility index (Phi) is 6.08. The van der Waals surface area contributed by atoms with Gasteiger partial charge in [0.25, 0.3) is 5.91 Å². The number of nitrogens with zero attached hydrogens (tertiary/aromatic N) is 3. The first kappa shape index (κ1) is 19.6. The maximum absolute atomic E-state index is 12.8. The zero-order valence-corrected chi connectivity index (χ0v) is 15.8. The largest absolute Gasteiger partial charge is 0.480 e. The van der Waals surface area contributed by atoms with Gasteiger partial charge in [0.15, 0.2) is 0 Å². The van der Waals surface area contributed by atoms with Crippen molar-refractivity contribution in [2.45, 2.75) is 45.2 Å². The van der Waals surface area contributed by atoms with Gasteiger partial charge in [-0.15, -0.1) is 0 Å². The lowest BCUT2D eigenvalue weighted by molar-refractivity contribution is -0.143. The zero-order chi connectivity index (χ0) is 20.1. The number of likely N-dealkylation sites (tertiary alicyclic amines) is 1. The van der Waals surface area contributed by atoms with Crippen molar-refractivity contribution in [1.82, 2.24) is 14.7 Å². The van der Waals surface area contributed by atoms with Gasteiger partial charge in [-0.1, -0.05) is 6.07 Å². The van der Waals surface area contributed by atoms with Gasteiger partial charge in [0, 0.05) is 30.5 Å². The summed E-state index contributed by atoms with van der Waals surface area (Å²) in [6.45, 7) is 3.13. The molecule has 1 aromatic heterocycles. The number of nitrogens with one attached hydrogen (secondary N) is 1. The predicted octanol–water partition coefficient (Wildman–Crippen LogP) is 2.16. The molecule has 0 saturated carbocycles. The maximum atomic E-state index is 12.8. The topological polar surface area (TPSA) is 105 Å². The van der Waals surface area contributed by atoms with E-state index in [4.69, 9.17) is 0 Å². The van der Waals surface area contributed by atoms with Gasteiger partial charge in [0.1, 0.15) is 6.04 Å². The van der Waals surface area contributed by atoms with Crippen LogP contribution in [0.2, 0.25) is 0 Å². The van der Waals surface area contributed by atoms with Crippen molar-refractivity contribution in [3.8, 4) is 0 Å². The highest BCUT2D eigenvalue weighted by atomic mass is 16.4. The van der Waals surface area contributed by atoms with Gasteiger partial charge in [-0.25, -0.2) is 4.79 Å². The Labute approximate surface area is 163 Å². The molecular formula is C20H24N4O4. The van der Waals surface area contributed by atoms with E-state index in [0.717, 1.165) is 19.4 Å². The van der Waals surface area contributed by atoms with Crippen molar-refractivity contribution in [3.63, 3.8) is 0 Å². The molecule has 1 saturated heterocycles. The number of carboxylic acid groups (broad SMARTS) is 1. The minimum absolute atomic E-state index is 0.137. The first-order valence-electron chi connectivity index (χ1n) is 9.44. The standard InChI is InChI=1S/C20H24N4O4/c1-2-23-11-9-16(22-23)13-18(25)21-15-7-5-6-14(12-15)19(26)24-10-4-3-8-17(24)20(27)28/h5-7,9,11-12,17H,2-4,8,10,13H2,1H3,(H,21,25)(H,27,28). The molecule has 1 aromatic carbocycles. The van der Waals surface area contributed by atoms with Crippen LogP contribution in [0, 0.1) is 0 Å². The third kappa shape index (κ3) is 4.57. The number of carbonyl (C=O) groups is 3. The summed E-state index contributed by atoms with van der Waals surface area (Å²) in [4.78, 5) is 37.9. The van der Waals surface area contributed by atoms with Crippen LogP contribution >= 0.6 is 0 Å². The molecule has 3 rings (SSSR count). The van der Waals surface area contributed by atoms with Crippen LogP contribution in [0.5, 0.6) is 0 Å². The van der Waals surface area contributed by atoms with E-state index in [9.17, 15) is 19.5 Å². The van der Waals surface area contributed by atoms with E-state index in [2.05, 4.69) is 10.4 Å². The lowest BCUT2D eigenvalue weighted by Gasteiger charge is -2.33. The molecule has 1 unspecified atom stereocenters. The summed E-state index contributed by atoms with van der Waals surface area (Å²) in [5, 5.41) is 16.4. The molecule has 0 spiro atoms. The SMILES string of the molecule is CCn1ccc(CC(=O)Nc2cccc(C(=O)N3CCCCC3C(=O)O)c2)n1. The molecule has 28 heavy (non-hydrogen) atoms. The molecule has 8 heteroatoms. The molecule has 2 heterocycles. The van der Waals surface area contributed by atoms with Gasteiger partial charge >= 0.3 is 5.97 Å². The number of amides is 2. The van der Waals surface area contributed by atoms with Gasteiger partial charge < -0.3 is 15.3 Å². The normalized spacial score (nSPS) is 16.6. The van der Waals surface area contributed by atoms with Crippen LogP contribution in [0.15, 0.2) is 36.5 Å². The molecule has 0 radical (unpaired) electrons. The summed E-state index contributed by atoms with van der Waals surface area (Å²) in [6.07, 6.45) is 4.00. The van der Waals surface area contributed by atoms with Gasteiger partial charge in [-0.2, -0.15) is 5.10 Å². The molecule has 2 aromatic rings. The second-order valence-corrected chi connectivity index (χ2v) is 6.82. The number of benzene rings is 1. The van der Waals surface area contributed by atoms with Crippen molar-refractivity contribution in [1.29, 1.82) is 0 Å². The Balaban J connectivity index is 1.68. The lowest BCUT2D eigenvalue weighted by atomic mass is 10.0. The fourth-order valence-electron chi connectivity index (χ4n) is 3.37. The smallest absolute Gasteiger partial charge is 0.326 e. The summed E-state index contributed by atoms with van der Waals surface area (Å²) in [7, 11) is 0. The Bertz CT molecular complexity index is 877. The van der Waals surface area contributed by atoms with Crippen molar-refractivity contribution in [2.24, 2.45) is 0 Å². The van der Waals surface area contributed by atoms with Crippen LogP contribution in [0.3, 0.4) is 0 Å². The summed E-state index contributed by atoms with van der Waals surface area (Å²) >= 11 is 0. The molecule has 1 aliphatic heterocycles. The first-order chi connectivity index (χ1) is 13.5. The Morgan fingerprint density at radius 3 is 2.79 bits per heavy atom. The number of aryl methyl sites for hydroxylation is 1. The molecule has 2 N–H and O–H groups in total. The monoisotopic (exact) mass is 384 g/mol. The first-order valence-corrected chi connectivity index (χ1v) is 9.44. The molecule has 8 nitrogen and oxygen atoms in total. The summed E-state index contributed by atoms with van der Waals surface area (Å²) in [6, 6.07) is 7.59. The predicted molar refractivity (Wildman–Crippen MR) is 103 cm³/mol. The Morgan fingerprint density at radius 2 is 2.07 bits per heavy atom. The van der Waals surface area contributed by atoms with E-state index in [1.54, 1.807) is 35.0 Å². The van der Waals surface area contributed by atoms with Gasteiger partial charge in [0.05, 0.1) is 12.1 Å². The lowest BCUT2D eigenvalue weighted by Crippen LogP contribution is -2.48. The van der Waals surface area contributed by atoms with Gasteiger partial charge in [-0.3, -0.25) is 14.3 Å². The fourth-order valence-corrected chi connectivity index (χ4v) is 3.37. The Morgan fingerprint density at radius 1 is 1.25 bits per heavy atom. The number of piperidine rings is 1. The second kappa shape index (κ2) is 8.69. The van der Waals surface area contributed by atoms with Crippen molar-refractivity contribution >= 4 is 23.5 Å². The number of hydrogen-bond acceptors (Lipinski definition) is 4. The number of aliphatic carboxylic acids is 1. The molecule has 0 aliphatic carbocycles. The number of hydrogen-bond donors (Lipinski definition) is 2. The molecule has 148 valence electrons. The highest BCUT2D eigenvalue weighted by molar-refractivity contribution is 5.99. The van der Waals surface area contributed by atoms with E-state index in [1.807, 2.05) is 13.1 Å². The fraction of sp³-hybridized carbons (Fsp3) is 0.400. The number of anilines is 1. The summed E-state index contributed by atoms with van der Waals surface area (Å²) < 4.78 is 1.75. The molecule has 1 fully saturated rings. The number of carboxylic acids is 1. The minimum atomic E-state index is -0.982. The highest BCUT2D eigenvalue weighted by Gasteiger charge is 2.32. The molecule has 1 aliphatic rings. The average Bonchev–Trinajstić information content (AvgIpc) is 3.15. The third-order valence-electron chi connectivity index (χ3n) is 4.80. The minimum Gasteiger partial charge on any atom is -0.480 e. The van der Waals surface area contributed by atoms with E-state index in [0.29, 0.717) is 29.9 Å². The molecule has 0 bridgehead atoms. The quantitative estimate of drug-likeness (QED) is 0.794. The van der Waals surface area contributed by atoms with Crippen molar-refractivity contribution in [3.05, 3.63) is 47.8 Å². The van der Waals surface area contributed by atoms with E-state index in [-0.39, 0.29) is 18.2 Å². The van der Waals surface area contributed by atoms with Gasteiger partial charge in [-0.05, 0) is 50.5 Å². The van der Waals surface area contributed by atoms with Gasteiger partial charge in [0.2, 0.25) is 5.91 Å². The van der Waals surface area contributed by atoms with Crippen molar-refractivity contribution < 1.29 is 19.5 Å². The summed E-state index contributed by atoms with van der Waals surface area (Å²) in [5.41, 5.74) is 1.53. The van der Waals surface area contributed by atoms with E-state index >= 15 is 0 Å². The van der Waals surface area contributed by atoms with E-state index in [1.165, 1.54) is 4.90 Å². The molecule has 1 atom stereocenters. The zero-order valence-electron chi connectivity index (χ0n) is 15.8. The molecule has 2 amide bonds. The van der Waals surface area contributed by atoms with Crippen LogP contribution < -0.4 is 5.32 Å². The van der Waals surface area contributed by atoms with Crippen LogP contribution in [0.25, 0.3) is 0 Å². The highest BCUT2D eigenvalue weighted by Crippen LogP contribution is 2.21. The number of rotatable bonds is 6. The number of aromatic nitrogens is 2. The Hall–Kier alpha value is -3.16. The number of carbonyl (C=O) groups excluding carboxylic acids is 2.